The van der Waals surface area contributed by atoms with Crippen molar-refractivity contribution in [3.05, 3.63) is 182 Å². The van der Waals surface area contributed by atoms with Crippen molar-refractivity contribution >= 4 is 31.4 Å². The minimum atomic E-state index is -3.67. The molecule has 0 radical (unpaired) electrons. The van der Waals surface area contributed by atoms with Crippen molar-refractivity contribution in [2.75, 3.05) is 0 Å². The number of rotatable bonds is 6. The van der Waals surface area contributed by atoms with Crippen LogP contribution in [0.1, 0.15) is 0 Å². The van der Waals surface area contributed by atoms with E-state index in [1.54, 1.807) is 36.4 Å². The predicted octanol–water partition coefficient (Wildman–Crippen LogP) is 11.5. The molecule has 0 saturated carbocycles. The minimum Gasteiger partial charge on any atom is -0.219 e. The lowest BCUT2D eigenvalue weighted by Gasteiger charge is -2.25. The Bertz CT molecular complexity index is 2470. The van der Waals surface area contributed by atoms with E-state index >= 15 is 0 Å². The van der Waals surface area contributed by atoms with Crippen LogP contribution in [0.15, 0.2) is 192 Å². The lowest BCUT2D eigenvalue weighted by molar-refractivity contribution is 0.596. The molecule has 0 aliphatic heterocycles. The van der Waals surface area contributed by atoms with Gasteiger partial charge in [-0.25, -0.2) is 8.42 Å². The fourth-order valence-corrected chi connectivity index (χ4v) is 7.98. The van der Waals surface area contributed by atoms with Gasteiger partial charge in [0.25, 0.3) is 0 Å². The molecule has 47 heavy (non-hydrogen) atoms. The first-order chi connectivity index (χ1) is 23.1. The van der Waals surface area contributed by atoms with E-state index in [-0.39, 0.29) is 9.79 Å². The second-order valence-electron chi connectivity index (χ2n) is 11.7. The van der Waals surface area contributed by atoms with E-state index in [2.05, 4.69) is 121 Å². The minimum absolute atomic E-state index is 0.271. The summed E-state index contributed by atoms with van der Waals surface area (Å²) in [5, 5.41) is 4.57. The quantitative estimate of drug-likeness (QED) is 0.173. The summed E-state index contributed by atoms with van der Waals surface area (Å²) in [6.45, 7) is 0. The monoisotopic (exact) mass is 622 g/mol. The van der Waals surface area contributed by atoms with Gasteiger partial charge in [-0.1, -0.05) is 146 Å². The standard InChI is InChI=1S/C44H30O2S/c45-47(46,37-23-11-4-12-24-37)38-27-25-34(26-28-38)42-40-30-36-22-14-13-21-35(36)29-39(40)41(31-15-5-1-6-16-31)43(32-17-7-2-8-18-32)44(42)33-19-9-3-10-20-33/h1-30H. The Kier molecular flexibility index (Phi) is 7.24. The molecule has 0 fully saturated rings. The average molecular weight is 623 g/mol. The van der Waals surface area contributed by atoms with Gasteiger partial charge in [0.15, 0.2) is 0 Å². The van der Waals surface area contributed by atoms with Crippen LogP contribution in [-0.4, -0.2) is 8.42 Å². The lowest BCUT2D eigenvalue weighted by Crippen LogP contribution is -2.02. The molecule has 2 nitrogen and oxygen atoms in total. The van der Waals surface area contributed by atoms with Crippen LogP contribution in [0.4, 0.5) is 0 Å². The molecular formula is C44H30O2S. The van der Waals surface area contributed by atoms with Crippen LogP contribution in [0, 0.1) is 0 Å². The van der Waals surface area contributed by atoms with Crippen LogP contribution >= 0.6 is 0 Å². The SMILES string of the molecule is O=S(=O)(c1ccccc1)c1ccc(-c2c(-c3ccccc3)c(-c3ccccc3)c(-c3ccccc3)c3cc4ccccc4cc23)cc1. The lowest BCUT2D eigenvalue weighted by atomic mass is 9.78. The smallest absolute Gasteiger partial charge is 0.206 e. The maximum Gasteiger partial charge on any atom is 0.206 e. The largest absolute Gasteiger partial charge is 0.219 e. The Labute approximate surface area is 275 Å². The Morgan fingerprint density at radius 2 is 0.617 bits per heavy atom. The topological polar surface area (TPSA) is 34.1 Å². The summed E-state index contributed by atoms with van der Waals surface area (Å²) in [5.74, 6) is 0. The molecule has 3 heteroatoms. The van der Waals surface area contributed by atoms with Gasteiger partial charge in [0.1, 0.15) is 0 Å². The van der Waals surface area contributed by atoms with Crippen molar-refractivity contribution in [2.24, 2.45) is 0 Å². The highest BCUT2D eigenvalue weighted by Crippen LogP contribution is 2.51. The zero-order valence-corrected chi connectivity index (χ0v) is 26.4. The first-order valence-electron chi connectivity index (χ1n) is 15.7. The normalized spacial score (nSPS) is 11.6. The van der Waals surface area contributed by atoms with E-state index in [1.807, 2.05) is 24.3 Å². The Balaban J connectivity index is 1.53. The van der Waals surface area contributed by atoms with Crippen LogP contribution in [-0.2, 0) is 9.84 Å². The molecule has 0 saturated heterocycles. The molecule has 0 unspecified atom stereocenters. The summed E-state index contributed by atoms with van der Waals surface area (Å²) in [7, 11) is -3.67. The van der Waals surface area contributed by atoms with E-state index in [0.717, 1.165) is 55.1 Å². The summed E-state index contributed by atoms with van der Waals surface area (Å²) in [4.78, 5) is 0.556. The van der Waals surface area contributed by atoms with Gasteiger partial charge in [-0.05, 0) is 102 Å². The van der Waals surface area contributed by atoms with Gasteiger partial charge >= 0.3 is 0 Å². The third kappa shape index (κ3) is 5.11. The molecule has 0 spiro atoms. The van der Waals surface area contributed by atoms with Crippen LogP contribution in [0.25, 0.3) is 66.1 Å². The number of hydrogen-bond donors (Lipinski definition) is 0. The fourth-order valence-electron chi connectivity index (χ4n) is 6.70. The van der Waals surface area contributed by atoms with Gasteiger partial charge in [-0.3, -0.25) is 0 Å². The molecule has 224 valence electrons. The molecule has 0 aliphatic rings. The molecule has 0 N–H and O–H groups in total. The molecule has 0 aliphatic carbocycles. The molecule has 0 heterocycles. The van der Waals surface area contributed by atoms with Crippen molar-refractivity contribution in [3.8, 4) is 44.5 Å². The van der Waals surface area contributed by atoms with Crippen LogP contribution in [0.5, 0.6) is 0 Å². The highest BCUT2D eigenvalue weighted by Gasteiger charge is 2.25. The van der Waals surface area contributed by atoms with Gasteiger partial charge in [-0.2, -0.15) is 0 Å². The maximum absolute atomic E-state index is 13.6. The van der Waals surface area contributed by atoms with Crippen molar-refractivity contribution in [2.45, 2.75) is 9.79 Å². The average Bonchev–Trinajstić information content (AvgIpc) is 3.14. The summed E-state index contributed by atoms with van der Waals surface area (Å²) in [6, 6.07) is 60.9. The van der Waals surface area contributed by atoms with Gasteiger partial charge in [0.2, 0.25) is 9.84 Å². The zero-order valence-electron chi connectivity index (χ0n) is 25.5. The van der Waals surface area contributed by atoms with Crippen LogP contribution < -0.4 is 0 Å². The number of sulfone groups is 1. The third-order valence-electron chi connectivity index (χ3n) is 8.87. The number of hydrogen-bond acceptors (Lipinski definition) is 2. The second-order valence-corrected chi connectivity index (χ2v) is 13.6. The van der Waals surface area contributed by atoms with E-state index in [1.165, 1.54) is 10.9 Å². The van der Waals surface area contributed by atoms with E-state index in [0.29, 0.717) is 0 Å². The Morgan fingerprint density at radius 1 is 0.298 bits per heavy atom. The summed E-state index contributed by atoms with van der Waals surface area (Å²) < 4.78 is 27.1. The van der Waals surface area contributed by atoms with Crippen LogP contribution in [0.2, 0.25) is 0 Å². The molecule has 8 aromatic rings. The maximum atomic E-state index is 13.6. The molecule has 8 aromatic carbocycles. The molecule has 0 bridgehead atoms. The fraction of sp³-hybridized carbons (Fsp3) is 0. The Morgan fingerprint density at radius 3 is 1.04 bits per heavy atom. The van der Waals surface area contributed by atoms with Crippen molar-refractivity contribution in [1.29, 1.82) is 0 Å². The second kappa shape index (κ2) is 11.9. The van der Waals surface area contributed by atoms with E-state index in [9.17, 15) is 8.42 Å². The van der Waals surface area contributed by atoms with Gasteiger partial charge in [-0.15, -0.1) is 0 Å². The molecule has 8 rings (SSSR count). The van der Waals surface area contributed by atoms with E-state index in [4.69, 9.17) is 0 Å². The first kappa shape index (κ1) is 28.7. The molecular weight excluding hydrogens is 593 g/mol. The van der Waals surface area contributed by atoms with Crippen molar-refractivity contribution in [1.82, 2.24) is 0 Å². The Hall–Kier alpha value is -5.77. The highest BCUT2D eigenvalue weighted by molar-refractivity contribution is 7.91. The molecule has 0 atom stereocenters. The van der Waals surface area contributed by atoms with E-state index < -0.39 is 9.84 Å². The summed E-state index contributed by atoms with van der Waals surface area (Å²) >= 11 is 0. The predicted molar refractivity (Wildman–Crippen MR) is 195 cm³/mol. The highest BCUT2D eigenvalue weighted by atomic mass is 32.2. The first-order valence-corrected chi connectivity index (χ1v) is 17.2. The molecule has 0 aromatic heterocycles. The van der Waals surface area contributed by atoms with Gasteiger partial charge in [0, 0.05) is 0 Å². The van der Waals surface area contributed by atoms with Gasteiger partial charge in [0.05, 0.1) is 9.79 Å². The summed E-state index contributed by atoms with van der Waals surface area (Å²) in [5.41, 5.74) is 8.79. The van der Waals surface area contributed by atoms with Gasteiger partial charge < -0.3 is 0 Å². The number of benzene rings is 8. The van der Waals surface area contributed by atoms with Crippen LogP contribution in [0.3, 0.4) is 0 Å². The van der Waals surface area contributed by atoms with Crippen molar-refractivity contribution in [3.63, 3.8) is 0 Å². The summed E-state index contributed by atoms with van der Waals surface area (Å²) in [6.07, 6.45) is 0. The zero-order chi connectivity index (χ0) is 31.8. The van der Waals surface area contributed by atoms with Crippen molar-refractivity contribution < 1.29 is 8.42 Å². The molecule has 0 amide bonds. The third-order valence-corrected chi connectivity index (χ3v) is 10.7. The number of fused-ring (bicyclic) bond motifs is 2.